The summed E-state index contributed by atoms with van der Waals surface area (Å²) in [6.07, 6.45) is 1.86. The van der Waals surface area contributed by atoms with Gasteiger partial charge in [-0.3, -0.25) is 15.1 Å². The van der Waals surface area contributed by atoms with Crippen molar-refractivity contribution in [3.05, 3.63) is 57.4 Å². The van der Waals surface area contributed by atoms with Crippen LogP contribution in [0, 0.1) is 10.1 Å². The lowest BCUT2D eigenvalue weighted by molar-refractivity contribution is -0.384. The molecule has 0 radical (unpaired) electrons. The summed E-state index contributed by atoms with van der Waals surface area (Å²) in [6, 6.07) is 8.50. The summed E-state index contributed by atoms with van der Waals surface area (Å²) in [5, 5.41) is 18.0. The quantitative estimate of drug-likeness (QED) is 0.150. The first-order valence-electron chi connectivity index (χ1n) is 8.12. The van der Waals surface area contributed by atoms with Crippen molar-refractivity contribution >= 4 is 52.9 Å². The summed E-state index contributed by atoms with van der Waals surface area (Å²) >= 11 is 6.02. The van der Waals surface area contributed by atoms with Gasteiger partial charge in [-0.05, 0) is 12.1 Å². The lowest BCUT2D eigenvalue weighted by Crippen LogP contribution is -2.40. The molecule has 1 heterocycles. The van der Waals surface area contributed by atoms with Gasteiger partial charge in [-0.1, -0.05) is 23.7 Å². The highest BCUT2D eigenvalue weighted by Crippen LogP contribution is 2.22. The molecule has 0 aliphatic rings. The van der Waals surface area contributed by atoms with Gasteiger partial charge in [0, 0.05) is 52.2 Å². The fourth-order valence-corrected chi connectivity index (χ4v) is 2.85. The highest BCUT2D eigenvalue weighted by atomic mass is 127. The number of guanidine groups is 1. The first-order valence-corrected chi connectivity index (χ1v) is 8.50. The molecule has 0 bridgehead atoms. The molecule has 0 aliphatic heterocycles. The Kier molecular flexibility index (Phi) is 9.36. The number of nitro benzene ring substituents is 1. The van der Waals surface area contributed by atoms with Crippen LogP contribution in [0.5, 0.6) is 0 Å². The van der Waals surface area contributed by atoms with E-state index < -0.39 is 4.92 Å². The molecule has 2 N–H and O–H groups in total. The molecule has 2 rings (SSSR count). The number of aromatic nitrogens is 1. The Balaban J connectivity index is 0.00000364. The minimum absolute atomic E-state index is 0. The molecule has 0 aliphatic carbocycles. The van der Waals surface area contributed by atoms with Crippen LogP contribution in [0.1, 0.15) is 5.69 Å². The second-order valence-electron chi connectivity index (χ2n) is 5.79. The third-order valence-electron chi connectivity index (χ3n) is 3.87. The van der Waals surface area contributed by atoms with Gasteiger partial charge in [-0.15, -0.1) is 24.0 Å². The van der Waals surface area contributed by atoms with Gasteiger partial charge in [-0.2, -0.15) is 0 Å². The van der Waals surface area contributed by atoms with Crippen LogP contribution in [-0.2, 0) is 13.6 Å². The zero-order chi connectivity index (χ0) is 19.1. The number of hydrogen-bond donors (Lipinski definition) is 2. The molecule has 10 heteroatoms. The van der Waals surface area contributed by atoms with Crippen LogP contribution in [0.4, 0.5) is 11.4 Å². The van der Waals surface area contributed by atoms with Crippen LogP contribution in [0.25, 0.3) is 0 Å². The van der Waals surface area contributed by atoms with E-state index in [4.69, 9.17) is 11.6 Å². The minimum atomic E-state index is -0.395. The van der Waals surface area contributed by atoms with Crippen LogP contribution in [0.3, 0.4) is 0 Å². The predicted molar refractivity (Wildman–Crippen MR) is 120 cm³/mol. The summed E-state index contributed by atoms with van der Waals surface area (Å²) in [6.45, 7) is 1.74. The van der Waals surface area contributed by atoms with E-state index in [1.807, 2.05) is 35.8 Å². The number of nitrogens with one attached hydrogen (secondary N) is 2. The van der Waals surface area contributed by atoms with Crippen LogP contribution in [0.15, 0.2) is 41.5 Å². The van der Waals surface area contributed by atoms with E-state index in [2.05, 4.69) is 15.6 Å². The number of rotatable bonds is 7. The van der Waals surface area contributed by atoms with Crippen molar-refractivity contribution in [1.82, 2.24) is 14.8 Å². The molecule has 0 atom stereocenters. The van der Waals surface area contributed by atoms with Crippen molar-refractivity contribution < 1.29 is 4.92 Å². The number of aryl methyl sites for hydroxylation is 1. The summed E-state index contributed by atoms with van der Waals surface area (Å²) in [5.74, 6) is 0.728. The second kappa shape index (κ2) is 11.0. The lowest BCUT2D eigenvalue weighted by Gasteiger charge is -2.22. The fraction of sp³-hybridized carbons (Fsp3) is 0.353. The van der Waals surface area contributed by atoms with E-state index in [0.29, 0.717) is 30.3 Å². The number of anilines is 1. The number of nitrogens with zero attached hydrogens (tertiary/aromatic N) is 4. The van der Waals surface area contributed by atoms with Crippen LogP contribution in [-0.4, -0.2) is 47.5 Å². The fourth-order valence-electron chi connectivity index (χ4n) is 2.58. The minimum Gasteiger partial charge on any atom is -0.378 e. The molecule has 0 saturated heterocycles. The van der Waals surface area contributed by atoms with Gasteiger partial charge < -0.3 is 20.1 Å². The standard InChI is InChI=1S/C17H23ClN6O2.HI/c1-19-17(23(3)12-14-10-13(18)11-22(14)2)21-9-8-20-15-6-4-5-7-16(15)24(25)26;/h4-7,10-11,20H,8-9,12H2,1-3H3,(H,19,21);1H. The Morgan fingerprint density at radius 3 is 2.67 bits per heavy atom. The second-order valence-corrected chi connectivity index (χ2v) is 6.23. The SMILES string of the molecule is CN=C(NCCNc1ccccc1[N+](=O)[O-])N(C)Cc1cc(Cl)cn1C.I. The highest BCUT2D eigenvalue weighted by Gasteiger charge is 2.12. The third-order valence-corrected chi connectivity index (χ3v) is 4.08. The highest BCUT2D eigenvalue weighted by molar-refractivity contribution is 14.0. The molecule has 0 unspecified atom stereocenters. The van der Waals surface area contributed by atoms with Gasteiger partial charge in [0.2, 0.25) is 0 Å². The Bertz CT molecular complexity index is 795. The summed E-state index contributed by atoms with van der Waals surface area (Å²) in [5.41, 5.74) is 1.63. The van der Waals surface area contributed by atoms with E-state index in [-0.39, 0.29) is 29.7 Å². The molecule has 0 amide bonds. The summed E-state index contributed by atoms with van der Waals surface area (Å²) < 4.78 is 1.97. The van der Waals surface area contributed by atoms with Crippen LogP contribution in [0.2, 0.25) is 5.02 Å². The maximum atomic E-state index is 11.0. The van der Waals surface area contributed by atoms with E-state index in [1.165, 1.54) is 6.07 Å². The molecule has 148 valence electrons. The Morgan fingerprint density at radius 2 is 2.07 bits per heavy atom. The predicted octanol–water partition coefficient (Wildman–Crippen LogP) is 3.32. The van der Waals surface area contributed by atoms with Crippen molar-refractivity contribution in [2.75, 3.05) is 32.5 Å². The monoisotopic (exact) mass is 506 g/mol. The van der Waals surface area contributed by atoms with E-state index >= 15 is 0 Å². The molecule has 0 fully saturated rings. The number of halogens is 2. The van der Waals surface area contributed by atoms with Crippen molar-refractivity contribution in [1.29, 1.82) is 0 Å². The van der Waals surface area contributed by atoms with Gasteiger partial charge in [0.05, 0.1) is 16.5 Å². The van der Waals surface area contributed by atoms with Gasteiger partial charge in [0.15, 0.2) is 5.96 Å². The molecule has 0 saturated carbocycles. The Morgan fingerprint density at radius 1 is 1.37 bits per heavy atom. The lowest BCUT2D eigenvalue weighted by atomic mass is 10.2. The van der Waals surface area contributed by atoms with Crippen LogP contribution >= 0.6 is 35.6 Å². The first-order chi connectivity index (χ1) is 12.4. The number of nitro groups is 1. The van der Waals surface area contributed by atoms with E-state index in [1.54, 1.807) is 25.2 Å². The molecule has 0 spiro atoms. The van der Waals surface area contributed by atoms with Gasteiger partial charge in [0.25, 0.3) is 5.69 Å². The topological polar surface area (TPSA) is 87.7 Å². The molecule has 1 aromatic carbocycles. The molecule has 8 nitrogen and oxygen atoms in total. The zero-order valence-corrected chi connectivity index (χ0v) is 18.6. The van der Waals surface area contributed by atoms with Crippen molar-refractivity contribution in [2.45, 2.75) is 6.54 Å². The molecular weight excluding hydrogens is 483 g/mol. The maximum Gasteiger partial charge on any atom is 0.292 e. The zero-order valence-electron chi connectivity index (χ0n) is 15.5. The number of hydrogen-bond acceptors (Lipinski definition) is 4. The van der Waals surface area contributed by atoms with Crippen molar-refractivity contribution in [3.63, 3.8) is 0 Å². The number of aliphatic imine (C=N–C) groups is 1. The van der Waals surface area contributed by atoms with Crippen LogP contribution < -0.4 is 10.6 Å². The summed E-state index contributed by atoms with van der Waals surface area (Å²) in [4.78, 5) is 16.9. The Hall–Kier alpha value is -2.01. The Labute approximate surface area is 180 Å². The third kappa shape index (κ3) is 6.58. The maximum absolute atomic E-state index is 11.0. The number of para-hydroxylation sites is 2. The molecule has 2 aromatic rings. The van der Waals surface area contributed by atoms with E-state index in [9.17, 15) is 10.1 Å². The first kappa shape index (κ1) is 23.0. The largest absolute Gasteiger partial charge is 0.378 e. The summed E-state index contributed by atoms with van der Waals surface area (Å²) in [7, 11) is 5.60. The normalized spacial score (nSPS) is 10.9. The average molecular weight is 507 g/mol. The molecule has 1 aromatic heterocycles. The molecular formula is C17H24ClIN6O2. The number of benzene rings is 1. The molecule has 27 heavy (non-hydrogen) atoms. The van der Waals surface area contributed by atoms with E-state index in [0.717, 1.165) is 11.7 Å². The smallest absolute Gasteiger partial charge is 0.292 e. The van der Waals surface area contributed by atoms with Gasteiger partial charge >= 0.3 is 0 Å². The van der Waals surface area contributed by atoms with Crippen molar-refractivity contribution in [2.24, 2.45) is 12.0 Å². The average Bonchev–Trinajstić information content (AvgIpc) is 2.92. The van der Waals surface area contributed by atoms with Gasteiger partial charge in [0.1, 0.15) is 5.69 Å². The van der Waals surface area contributed by atoms with Crippen molar-refractivity contribution in [3.8, 4) is 0 Å². The van der Waals surface area contributed by atoms with Gasteiger partial charge in [-0.25, -0.2) is 0 Å².